The van der Waals surface area contributed by atoms with Gasteiger partial charge >= 0.3 is 0 Å². The number of hydrogen-bond donors (Lipinski definition) is 2. The molecule has 2 atom stereocenters. The summed E-state index contributed by atoms with van der Waals surface area (Å²) in [6.45, 7) is 1.80. The maximum atomic E-state index is 10.2. The van der Waals surface area contributed by atoms with Crippen LogP contribution in [0.1, 0.15) is 30.9 Å². The van der Waals surface area contributed by atoms with Crippen molar-refractivity contribution in [2.45, 2.75) is 31.4 Å². The molecule has 1 aliphatic rings. The second kappa shape index (κ2) is 6.15. The minimum absolute atomic E-state index is 0.196. The zero-order chi connectivity index (χ0) is 12.1. The van der Waals surface area contributed by atoms with Crippen molar-refractivity contribution in [3.63, 3.8) is 0 Å². The van der Waals surface area contributed by atoms with Crippen molar-refractivity contribution in [1.82, 2.24) is 4.90 Å². The van der Waals surface area contributed by atoms with Gasteiger partial charge in [-0.25, -0.2) is 0 Å². The van der Waals surface area contributed by atoms with Crippen LogP contribution in [0, 0.1) is 0 Å². The van der Waals surface area contributed by atoms with E-state index < -0.39 is 6.10 Å². The van der Waals surface area contributed by atoms with Crippen LogP contribution >= 0.6 is 0 Å². The lowest BCUT2D eigenvalue weighted by molar-refractivity contribution is 0.0417. The molecule has 1 aliphatic heterocycles. The molecule has 17 heavy (non-hydrogen) atoms. The van der Waals surface area contributed by atoms with E-state index in [4.69, 9.17) is 0 Å². The first-order valence-electron chi connectivity index (χ1n) is 6.39. The number of hydrogen-bond acceptors (Lipinski definition) is 3. The van der Waals surface area contributed by atoms with Gasteiger partial charge < -0.3 is 10.2 Å². The van der Waals surface area contributed by atoms with Crippen molar-refractivity contribution in [1.29, 1.82) is 0 Å². The Hall–Kier alpha value is -0.900. The second-order valence-electron chi connectivity index (χ2n) is 4.75. The van der Waals surface area contributed by atoms with Crippen LogP contribution in [-0.2, 0) is 0 Å². The maximum Gasteiger partial charge on any atom is 0.0917 e. The Morgan fingerprint density at radius 1 is 1.24 bits per heavy atom. The van der Waals surface area contributed by atoms with Crippen molar-refractivity contribution in [2.24, 2.45) is 0 Å². The molecule has 0 unspecified atom stereocenters. The minimum atomic E-state index is -0.455. The molecule has 2 rings (SSSR count). The van der Waals surface area contributed by atoms with Crippen LogP contribution in [-0.4, -0.2) is 40.9 Å². The van der Waals surface area contributed by atoms with E-state index in [2.05, 4.69) is 4.90 Å². The Balaban J connectivity index is 1.95. The molecule has 1 aromatic rings. The van der Waals surface area contributed by atoms with Gasteiger partial charge in [0.05, 0.1) is 12.7 Å². The molecule has 0 radical (unpaired) electrons. The van der Waals surface area contributed by atoms with Gasteiger partial charge in [-0.2, -0.15) is 0 Å². The summed E-state index contributed by atoms with van der Waals surface area (Å²) in [5, 5.41) is 19.5. The van der Waals surface area contributed by atoms with Gasteiger partial charge in [-0.3, -0.25) is 4.90 Å². The number of nitrogens with zero attached hydrogens (tertiary/aromatic N) is 1. The first kappa shape index (κ1) is 12.6. The number of likely N-dealkylation sites (tertiary alicyclic amines) is 1. The average Bonchev–Trinajstić information content (AvgIpc) is 2.40. The molecule has 1 aromatic carbocycles. The SMILES string of the molecule is OC[C@@H]1CCCCN1C[C@H](O)c1ccccc1. The number of aliphatic hydroxyl groups is 2. The van der Waals surface area contributed by atoms with E-state index in [0.29, 0.717) is 6.54 Å². The Labute approximate surface area is 103 Å². The van der Waals surface area contributed by atoms with Crippen LogP contribution in [0.4, 0.5) is 0 Å². The maximum absolute atomic E-state index is 10.2. The lowest BCUT2D eigenvalue weighted by atomic mass is 10.0. The first-order chi connectivity index (χ1) is 8.31. The Morgan fingerprint density at radius 2 is 2.00 bits per heavy atom. The fourth-order valence-corrected chi connectivity index (χ4v) is 2.51. The predicted molar refractivity (Wildman–Crippen MR) is 67.7 cm³/mol. The molecule has 0 aliphatic carbocycles. The van der Waals surface area contributed by atoms with Crippen LogP contribution in [0.2, 0.25) is 0 Å². The largest absolute Gasteiger partial charge is 0.395 e. The molecule has 3 heteroatoms. The fraction of sp³-hybridized carbons (Fsp3) is 0.571. The highest BCUT2D eigenvalue weighted by Gasteiger charge is 2.23. The molecule has 94 valence electrons. The van der Waals surface area contributed by atoms with Gasteiger partial charge in [0.25, 0.3) is 0 Å². The zero-order valence-corrected chi connectivity index (χ0v) is 10.1. The lowest BCUT2D eigenvalue weighted by Crippen LogP contribution is -2.43. The van der Waals surface area contributed by atoms with Crippen LogP contribution in [0.15, 0.2) is 30.3 Å². The van der Waals surface area contributed by atoms with Crippen molar-refractivity contribution in [2.75, 3.05) is 19.7 Å². The average molecular weight is 235 g/mol. The monoisotopic (exact) mass is 235 g/mol. The van der Waals surface area contributed by atoms with Crippen LogP contribution < -0.4 is 0 Å². The molecule has 1 saturated heterocycles. The third-order valence-corrected chi connectivity index (χ3v) is 3.55. The van der Waals surface area contributed by atoms with Crippen LogP contribution in [0.25, 0.3) is 0 Å². The highest BCUT2D eigenvalue weighted by atomic mass is 16.3. The molecule has 1 heterocycles. The molecular formula is C14H21NO2. The molecule has 0 spiro atoms. The number of aliphatic hydroxyl groups excluding tert-OH is 2. The number of benzene rings is 1. The summed E-state index contributed by atoms with van der Waals surface area (Å²) in [5.74, 6) is 0. The van der Waals surface area contributed by atoms with E-state index in [-0.39, 0.29) is 12.6 Å². The summed E-state index contributed by atoms with van der Waals surface area (Å²) in [6, 6.07) is 9.96. The quantitative estimate of drug-likeness (QED) is 0.832. The number of β-amino-alcohol motifs (C(OH)–C–C–N with tert-alkyl or cyclic N) is 1. The summed E-state index contributed by atoms with van der Waals surface area (Å²) in [6.07, 6.45) is 2.93. The van der Waals surface area contributed by atoms with E-state index in [1.54, 1.807) is 0 Å². The summed E-state index contributed by atoms with van der Waals surface area (Å²) in [5.41, 5.74) is 0.953. The van der Waals surface area contributed by atoms with Gasteiger partial charge in [-0.1, -0.05) is 36.8 Å². The summed E-state index contributed by atoms with van der Waals surface area (Å²) >= 11 is 0. The Morgan fingerprint density at radius 3 is 2.71 bits per heavy atom. The topological polar surface area (TPSA) is 43.7 Å². The zero-order valence-electron chi connectivity index (χ0n) is 10.1. The molecule has 1 fully saturated rings. The molecule has 0 amide bonds. The molecule has 0 saturated carbocycles. The number of rotatable bonds is 4. The summed E-state index contributed by atoms with van der Waals surface area (Å²) in [7, 11) is 0. The summed E-state index contributed by atoms with van der Waals surface area (Å²) in [4.78, 5) is 2.21. The van der Waals surface area contributed by atoms with E-state index in [1.807, 2.05) is 30.3 Å². The Kier molecular flexibility index (Phi) is 4.54. The van der Waals surface area contributed by atoms with E-state index in [9.17, 15) is 10.2 Å². The fourth-order valence-electron chi connectivity index (χ4n) is 2.51. The van der Waals surface area contributed by atoms with Gasteiger partial charge in [0.1, 0.15) is 0 Å². The van der Waals surface area contributed by atoms with E-state index in [1.165, 1.54) is 6.42 Å². The molecule has 0 aromatic heterocycles. The molecule has 2 N–H and O–H groups in total. The Bertz CT molecular complexity index is 328. The van der Waals surface area contributed by atoms with Crippen molar-refractivity contribution in [3.05, 3.63) is 35.9 Å². The third-order valence-electron chi connectivity index (χ3n) is 3.55. The predicted octanol–water partition coefficient (Wildman–Crippen LogP) is 1.57. The van der Waals surface area contributed by atoms with Gasteiger partial charge in [-0.15, -0.1) is 0 Å². The van der Waals surface area contributed by atoms with Crippen molar-refractivity contribution >= 4 is 0 Å². The van der Waals surface area contributed by atoms with Crippen LogP contribution in [0.5, 0.6) is 0 Å². The standard InChI is InChI=1S/C14H21NO2/c16-11-13-8-4-5-9-15(13)10-14(17)12-6-2-1-3-7-12/h1-3,6-7,13-14,16-17H,4-5,8-11H2/t13-,14-/m0/s1. The second-order valence-corrected chi connectivity index (χ2v) is 4.75. The van der Waals surface area contributed by atoms with Gasteiger partial charge in [0.15, 0.2) is 0 Å². The first-order valence-corrected chi connectivity index (χ1v) is 6.39. The number of piperidine rings is 1. The highest BCUT2D eigenvalue weighted by molar-refractivity contribution is 5.17. The molecule has 0 bridgehead atoms. The smallest absolute Gasteiger partial charge is 0.0917 e. The van der Waals surface area contributed by atoms with Crippen LogP contribution in [0.3, 0.4) is 0 Å². The third kappa shape index (κ3) is 3.28. The van der Waals surface area contributed by atoms with E-state index in [0.717, 1.165) is 24.9 Å². The van der Waals surface area contributed by atoms with Gasteiger partial charge in [0, 0.05) is 12.6 Å². The van der Waals surface area contributed by atoms with Crippen molar-refractivity contribution in [3.8, 4) is 0 Å². The van der Waals surface area contributed by atoms with Gasteiger partial charge in [-0.05, 0) is 24.9 Å². The normalized spacial score (nSPS) is 23.5. The lowest BCUT2D eigenvalue weighted by Gasteiger charge is -2.35. The summed E-state index contributed by atoms with van der Waals surface area (Å²) < 4.78 is 0. The molecule has 3 nitrogen and oxygen atoms in total. The van der Waals surface area contributed by atoms with Gasteiger partial charge in [0.2, 0.25) is 0 Å². The van der Waals surface area contributed by atoms with Crippen molar-refractivity contribution < 1.29 is 10.2 Å². The molecular weight excluding hydrogens is 214 g/mol. The minimum Gasteiger partial charge on any atom is -0.395 e. The highest BCUT2D eigenvalue weighted by Crippen LogP contribution is 2.21. The van der Waals surface area contributed by atoms with E-state index >= 15 is 0 Å².